The van der Waals surface area contributed by atoms with Crippen LogP contribution in [0.15, 0.2) is 48.2 Å². The van der Waals surface area contributed by atoms with Crippen LogP contribution >= 0.6 is 0 Å². The van der Waals surface area contributed by atoms with Crippen LogP contribution in [0.4, 0.5) is 9.18 Å². The molecule has 0 spiro atoms. The van der Waals surface area contributed by atoms with Crippen molar-refractivity contribution in [1.82, 2.24) is 10.2 Å². The molecule has 3 amide bonds. The SMILES string of the molecule is CCOc1cc(C=C2NC(=O)N(CC(=O)OC)C2=O)ccc1OCc1ccccc1F. The van der Waals surface area contributed by atoms with Gasteiger partial charge in [0, 0.05) is 5.56 Å². The minimum Gasteiger partial charge on any atom is -0.490 e. The van der Waals surface area contributed by atoms with E-state index in [1.54, 1.807) is 43.3 Å². The fraction of sp³-hybridized carbons (Fsp3) is 0.227. The third kappa shape index (κ3) is 5.19. The number of benzene rings is 2. The van der Waals surface area contributed by atoms with Crippen molar-refractivity contribution in [2.45, 2.75) is 13.5 Å². The van der Waals surface area contributed by atoms with E-state index in [1.165, 1.54) is 19.3 Å². The van der Waals surface area contributed by atoms with Gasteiger partial charge in [0.05, 0.1) is 13.7 Å². The van der Waals surface area contributed by atoms with Gasteiger partial charge in [0.1, 0.15) is 24.7 Å². The number of nitrogens with one attached hydrogen (secondary N) is 1. The molecular formula is C22H21FN2O6. The molecule has 0 aliphatic carbocycles. The Labute approximate surface area is 178 Å². The summed E-state index contributed by atoms with van der Waals surface area (Å²) in [4.78, 5) is 36.5. The number of hydrogen-bond donors (Lipinski definition) is 1. The van der Waals surface area contributed by atoms with E-state index in [2.05, 4.69) is 10.1 Å². The van der Waals surface area contributed by atoms with E-state index in [1.807, 2.05) is 0 Å². The van der Waals surface area contributed by atoms with Gasteiger partial charge in [0.2, 0.25) is 0 Å². The van der Waals surface area contributed by atoms with Crippen molar-refractivity contribution in [3.63, 3.8) is 0 Å². The highest BCUT2D eigenvalue weighted by Crippen LogP contribution is 2.30. The van der Waals surface area contributed by atoms with Gasteiger partial charge in [-0.25, -0.2) is 14.1 Å². The third-order valence-corrected chi connectivity index (χ3v) is 4.40. The number of amides is 3. The Bertz CT molecular complexity index is 1040. The molecule has 2 aromatic carbocycles. The summed E-state index contributed by atoms with van der Waals surface area (Å²) < 4.78 is 29.6. The molecule has 162 valence electrons. The molecule has 0 saturated carbocycles. The summed E-state index contributed by atoms with van der Waals surface area (Å²) in [7, 11) is 1.17. The molecule has 0 radical (unpaired) electrons. The van der Waals surface area contributed by atoms with E-state index >= 15 is 0 Å². The molecule has 0 unspecified atom stereocenters. The molecule has 0 bridgehead atoms. The number of methoxy groups -OCH3 is 1. The normalized spacial score (nSPS) is 14.5. The predicted octanol–water partition coefficient (Wildman–Crippen LogP) is 2.87. The van der Waals surface area contributed by atoms with Crippen molar-refractivity contribution in [3.05, 3.63) is 65.1 Å². The highest BCUT2D eigenvalue weighted by molar-refractivity contribution is 6.15. The minimum absolute atomic E-state index is 0.0105. The lowest BCUT2D eigenvalue weighted by Crippen LogP contribution is -2.36. The van der Waals surface area contributed by atoms with Crippen molar-refractivity contribution in [2.24, 2.45) is 0 Å². The number of carbonyl (C=O) groups excluding carboxylic acids is 3. The number of rotatable bonds is 8. The topological polar surface area (TPSA) is 94.2 Å². The molecular weight excluding hydrogens is 407 g/mol. The Morgan fingerprint density at radius 3 is 2.61 bits per heavy atom. The fourth-order valence-electron chi connectivity index (χ4n) is 2.85. The maximum atomic E-state index is 13.8. The molecule has 9 heteroatoms. The number of urea groups is 1. The van der Waals surface area contributed by atoms with Gasteiger partial charge < -0.3 is 19.5 Å². The summed E-state index contributed by atoms with van der Waals surface area (Å²) in [5.41, 5.74) is 0.975. The average molecular weight is 428 g/mol. The van der Waals surface area contributed by atoms with Gasteiger partial charge in [0.25, 0.3) is 5.91 Å². The van der Waals surface area contributed by atoms with Gasteiger partial charge in [-0.05, 0) is 36.8 Å². The van der Waals surface area contributed by atoms with Crippen LogP contribution in [0.2, 0.25) is 0 Å². The minimum atomic E-state index is -0.712. The second kappa shape index (κ2) is 9.75. The number of nitrogens with zero attached hydrogens (tertiary/aromatic N) is 1. The lowest BCUT2D eigenvalue weighted by molar-refractivity contribution is -0.143. The zero-order chi connectivity index (χ0) is 22.4. The van der Waals surface area contributed by atoms with Crippen LogP contribution in [0.25, 0.3) is 6.08 Å². The molecule has 3 rings (SSSR count). The van der Waals surface area contributed by atoms with Crippen LogP contribution < -0.4 is 14.8 Å². The molecule has 0 aromatic heterocycles. The van der Waals surface area contributed by atoms with E-state index in [0.29, 0.717) is 29.2 Å². The van der Waals surface area contributed by atoms with Gasteiger partial charge >= 0.3 is 12.0 Å². The standard InChI is InChI=1S/C22H21FN2O6/c1-3-30-19-11-14(8-9-18(19)31-13-15-6-4-5-7-16(15)23)10-17-21(27)25(22(28)24-17)12-20(26)29-2/h4-11H,3,12-13H2,1-2H3,(H,24,28). The van der Waals surface area contributed by atoms with Gasteiger partial charge in [-0.3, -0.25) is 9.59 Å². The summed E-state index contributed by atoms with van der Waals surface area (Å²) in [6.07, 6.45) is 1.46. The van der Waals surface area contributed by atoms with E-state index in [0.717, 1.165) is 4.90 Å². The first-order chi connectivity index (χ1) is 14.9. The number of ether oxygens (including phenoxy) is 3. The quantitative estimate of drug-likeness (QED) is 0.395. The van der Waals surface area contributed by atoms with Crippen LogP contribution in [-0.4, -0.2) is 43.1 Å². The zero-order valence-electron chi connectivity index (χ0n) is 17.0. The van der Waals surface area contributed by atoms with Crippen LogP contribution in [0.3, 0.4) is 0 Å². The van der Waals surface area contributed by atoms with Crippen molar-refractivity contribution < 1.29 is 33.0 Å². The van der Waals surface area contributed by atoms with E-state index in [9.17, 15) is 18.8 Å². The van der Waals surface area contributed by atoms with Gasteiger partial charge in [-0.15, -0.1) is 0 Å². The fourth-order valence-corrected chi connectivity index (χ4v) is 2.85. The predicted molar refractivity (Wildman–Crippen MR) is 109 cm³/mol. The molecule has 1 fully saturated rings. The monoisotopic (exact) mass is 428 g/mol. The number of esters is 1. The van der Waals surface area contributed by atoms with E-state index in [-0.39, 0.29) is 18.1 Å². The maximum absolute atomic E-state index is 13.8. The van der Waals surface area contributed by atoms with Crippen LogP contribution in [0.1, 0.15) is 18.1 Å². The summed E-state index contributed by atoms with van der Waals surface area (Å²) in [6.45, 7) is 1.70. The number of carbonyl (C=O) groups is 3. The molecule has 2 aromatic rings. The smallest absolute Gasteiger partial charge is 0.329 e. The van der Waals surface area contributed by atoms with Crippen molar-refractivity contribution >= 4 is 24.0 Å². The summed E-state index contributed by atoms with van der Waals surface area (Å²) in [5, 5.41) is 2.43. The second-order valence-corrected chi connectivity index (χ2v) is 6.47. The number of hydrogen-bond acceptors (Lipinski definition) is 6. The third-order valence-electron chi connectivity index (χ3n) is 4.40. The van der Waals surface area contributed by atoms with Crippen LogP contribution in [0, 0.1) is 5.82 Å². The average Bonchev–Trinajstić information content (AvgIpc) is 3.01. The first-order valence-electron chi connectivity index (χ1n) is 9.47. The molecule has 1 heterocycles. The summed E-state index contributed by atoms with van der Waals surface area (Å²) in [6, 6.07) is 10.5. The number of halogens is 1. The molecule has 1 N–H and O–H groups in total. The largest absolute Gasteiger partial charge is 0.490 e. The Kier molecular flexibility index (Phi) is 6.86. The van der Waals surface area contributed by atoms with Crippen molar-refractivity contribution in [1.29, 1.82) is 0 Å². The second-order valence-electron chi connectivity index (χ2n) is 6.47. The van der Waals surface area contributed by atoms with Gasteiger partial charge in [-0.1, -0.05) is 24.3 Å². The van der Waals surface area contributed by atoms with Crippen LogP contribution in [0.5, 0.6) is 11.5 Å². The molecule has 1 saturated heterocycles. The zero-order valence-corrected chi connectivity index (χ0v) is 17.0. The lowest BCUT2D eigenvalue weighted by Gasteiger charge is -2.13. The Balaban J connectivity index is 1.79. The molecule has 0 atom stereocenters. The molecule has 1 aliphatic heterocycles. The van der Waals surface area contributed by atoms with Gasteiger partial charge in [0.15, 0.2) is 11.5 Å². The van der Waals surface area contributed by atoms with Crippen molar-refractivity contribution in [3.8, 4) is 11.5 Å². The van der Waals surface area contributed by atoms with E-state index < -0.39 is 24.5 Å². The first-order valence-corrected chi connectivity index (χ1v) is 9.47. The van der Waals surface area contributed by atoms with Crippen LogP contribution in [-0.2, 0) is 20.9 Å². The van der Waals surface area contributed by atoms with Crippen molar-refractivity contribution in [2.75, 3.05) is 20.3 Å². The van der Waals surface area contributed by atoms with E-state index in [4.69, 9.17) is 9.47 Å². The molecule has 1 aliphatic rings. The molecule has 8 nitrogen and oxygen atoms in total. The van der Waals surface area contributed by atoms with Gasteiger partial charge in [-0.2, -0.15) is 0 Å². The first kappa shape index (κ1) is 21.8. The Morgan fingerprint density at radius 2 is 1.90 bits per heavy atom. The summed E-state index contributed by atoms with van der Waals surface area (Å²) in [5.74, 6) is -0.917. The summed E-state index contributed by atoms with van der Waals surface area (Å²) >= 11 is 0. The Morgan fingerprint density at radius 1 is 1.13 bits per heavy atom. The number of imide groups is 1. The lowest BCUT2D eigenvalue weighted by atomic mass is 10.1. The molecule has 31 heavy (non-hydrogen) atoms. The maximum Gasteiger partial charge on any atom is 0.329 e. The highest BCUT2D eigenvalue weighted by atomic mass is 19.1. The Hall–Kier alpha value is -3.88. The highest BCUT2D eigenvalue weighted by Gasteiger charge is 2.35.